The molecule has 19 heavy (non-hydrogen) atoms. The van der Waals surface area contributed by atoms with E-state index in [1.165, 1.54) is 18.2 Å². The van der Waals surface area contributed by atoms with Crippen LogP contribution in [0.25, 0.3) is 11.4 Å². The third-order valence-electron chi connectivity index (χ3n) is 2.96. The Balaban J connectivity index is 2.62. The molecule has 0 fully saturated rings. The van der Waals surface area contributed by atoms with E-state index >= 15 is 0 Å². The molecule has 0 radical (unpaired) electrons. The van der Waals surface area contributed by atoms with E-state index in [-0.39, 0.29) is 34.6 Å². The first-order valence-electron chi connectivity index (χ1n) is 6.00. The third kappa shape index (κ3) is 2.50. The van der Waals surface area contributed by atoms with E-state index in [2.05, 4.69) is 9.97 Å². The molecule has 0 unspecified atom stereocenters. The minimum absolute atomic E-state index is 0.125. The van der Waals surface area contributed by atoms with E-state index in [4.69, 9.17) is 0 Å². The highest BCUT2D eigenvalue weighted by atomic mass is 19.1. The van der Waals surface area contributed by atoms with Crippen molar-refractivity contribution in [3.05, 3.63) is 45.5 Å². The minimum atomic E-state index is -0.374. The van der Waals surface area contributed by atoms with Crippen molar-refractivity contribution in [2.24, 2.45) is 0 Å². The number of benzene rings is 1. The molecule has 0 saturated heterocycles. The molecule has 0 aliphatic carbocycles. The Bertz CT molecular complexity index is 678. The number of nitrogens with one attached hydrogen (secondary N) is 1. The quantitative estimate of drug-likeness (QED) is 0.874. The number of hydrogen-bond acceptors (Lipinski definition) is 3. The van der Waals surface area contributed by atoms with Crippen LogP contribution in [0.5, 0.6) is 5.88 Å². The van der Waals surface area contributed by atoms with Gasteiger partial charge in [-0.3, -0.25) is 4.79 Å². The average Bonchev–Trinajstić information content (AvgIpc) is 2.26. The summed E-state index contributed by atoms with van der Waals surface area (Å²) in [6.45, 7) is 5.31. The summed E-state index contributed by atoms with van der Waals surface area (Å²) in [6.07, 6.45) is 0. The lowest BCUT2D eigenvalue weighted by Gasteiger charge is -2.09. The molecule has 2 aromatic rings. The van der Waals surface area contributed by atoms with E-state index in [0.29, 0.717) is 11.1 Å². The van der Waals surface area contributed by atoms with Gasteiger partial charge in [0.15, 0.2) is 0 Å². The average molecular weight is 262 g/mol. The van der Waals surface area contributed by atoms with E-state index in [1.54, 1.807) is 20.8 Å². The first kappa shape index (κ1) is 13.3. The number of nitrogens with zero attached hydrogens (tertiary/aromatic N) is 1. The summed E-state index contributed by atoms with van der Waals surface area (Å²) in [5.74, 6) is -0.520. The van der Waals surface area contributed by atoms with Gasteiger partial charge in [0.25, 0.3) is 5.56 Å². The Hall–Kier alpha value is -2.17. The van der Waals surface area contributed by atoms with E-state index in [9.17, 15) is 14.3 Å². The van der Waals surface area contributed by atoms with Crippen molar-refractivity contribution in [3.8, 4) is 17.3 Å². The number of H-pyrrole nitrogens is 1. The van der Waals surface area contributed by atoms with Crippen LogP contribution >= 0.6 is 0 Å². The summed E-state index contributed by atoms with van der Waals surface area (Å²) in [7, 11) is 0. The van der Waals surface area contributed by atoms with Crippen LogP contribution < -0.4 is 5.56 Å². The van der Waals surface area contributed by atoms with Crippen molar-refractivity contribution in [2.75, 3.05) is 0 Å². The van der Waals surface area contributed by atoms with E-state index < -0.39 is 0 Å². The maximum atomic E-state index is 13.1. The lowest BCUT2D eigenvalue weighted by Crippen LogP contribution is -2.16. The number of aryl methyl sites for hydroxylation is 1. The van der Waals surface area contributed by atoms with Gasteiger partial charge in [0.05, 0.1) is 5.56 Å². The zero-order valence-electron chi connectivity index (χ0n) is 11.0. The van der Waals surface area contributed by atoms with Crippen molar-refractivity contribution in [1.29, 1.82) is 0 Å². The van der Waals surface area contributed by atoms with Gasteiger partial charge < -0.3 is 10.1 Å². The Morgan fingerprint density at radius 3 is 2.58 bits per heavy atom. The van der Waals surface area contributed by atoms with Gasteiger partial charge in [-0.05, 0) is 36.6 Å². The smallest absolute Gasteiger partial charge is 0.258 e. The molecular formula is C14H15FN2O2. The second-order valence-electron chi connectivity index (χ2n) is 4.77. The molecule has 0 aliphatic rings. The topological polar surface area (TPSA) is 66.0 Å². The molecular weight excluding hydrogens is 247 g/mol. The monoisotopic (exact) mass is 262 g/mol. The Morgan fingerprint density at radius 1 is 1.37 bits per heavy atom. The predicted molar refractivity (Wildman–Crippen MR) is 70.7 cm³/mol. The SMILES string of the molecule is Cc1cc(F)ccc1-c1nc(O)c(C(C)C)c(=O)[nH]1. The summed E-state index contributed by atoms with van der Waals surface area (Å²) >= 11 is 0. The Labute approximate surface area is 110 Å². The van der Waals surface area contributed by atoms with Crippen LogP contribution in [-0.2, 0) is 0 Å². The molecule has 1 aromatic heterocycles. The largest absolute Gasteiger partial charge is 0.493 e. The van der Waals surface area contributed by atoms with Gasteiger partial charge in [-0.2, -0.15) is 4.98 Å². The van der Waals surface area contributed by atoms with Crippen molar-refractivity contribution >= 4 is 0 Å². The van der Waals surface area contributed by atoms with Crippen molar-refractivity contribution in [1.82, 2.24) is 9.97 Å². The van der Waals surface area contributed by atoms with Crippen LogP contribution in [0.3, 0.4) is 0 Å². The van der Waals surface area contributed by atoms with Crippen LogP contribution in [0.4, 0.5) is 4.39 Å². The molecule has 5 heteroatoms. The highest BCUT2D eigenvalue weighted by molar-refractivity contribution is 5.60. The maximum absolute atomic E-state index is 13.1. The highest BCUT2D eigenvalue weighted by Crippen LogP contribution is 2.24. The second-order valence-corrected chi connectivity index (χ2v) is 4.77. The van der Waals surface area contributed by atoms with Gasteiger partial charge in [-0.15, -0.1) is 0 Å². The number of aromatic nitrogens is 2. The Morgan fingerprint density at radius 2 is 2.05 bits per heavy atom. The van der Waals surface area contributed by atoms with Crippen LogP contribution in [0, 0.1) is 12.7 Å². The molecule has 1 aromatic carbocycles. The molecule has 1 heterocycles. The van der Waals surface area contributed by atoms with Crippen LogP contribution in [0.1, 0.15) is 30.9 Å². The first-order valence-corrected chi connectivity index (χ1v) is 6.00. The molecule has 0 aliphatic heterocycles. The molecule has 4 nitrogen and oxygen atoms in total. The van der Waals surface area contributed by atoms with E-state index in [1.807, 2.05) is 0 Å². The lowest BCUT2D eigenvalue weighted by atomic mass is 10.1. The standard InChI is InChI=1S/C14H15FN2O2/c1-7(2)11-13(18)16-12(17-14(11)19)10-5-4-9(15)6-8(10)3/h4-7H,1-3H3,(H2,16,17,18,19). The molecule has 0 spiro atoms. The number of rotatable bonds is 2. The molecule has 2 rings (SSSR count). The van der Waals surface area contributed by atoms with Gasteiger partial charge in [-0.25, -0.2) is 4.39 Å². The summed E-state index contributed by atoms with van der Waals surface area (Å²) < 4.78 is 13.1. The molecule has 0 atom stereocenters. The van der Waals surface area contributed by atoms with Crippen molar-refractivity contribution in [2.45, 2.75) is 26.7 Å². The van der Waals surface area contributed by atoms with Gasteiger partial charge >= 0.3 is 0 Å². The fourth-order valence-electron chi connectivity index (χ4n) is 2.01. The molecule has 0 bridgehead atoms. The minimum Gasteiger partial charge on any atom is -0.493 e. The fourth-order valence-corrected chi connectivity index (χ4v) is 2.01. The van der Waals surface area contributed by atoms with Crippen LogP contribution in [-0.4, -0.2) is 15.1 Å². The van der Waals surface area contributed by atoms with Gasteiger partial charge in [-0.1, -0.05) is 13.8 Å². The summed E-state index contributed by atoms with van der Waals surface area (Å²) in [6, 6.07) is 4.16. The predicted octanol–water partition coefficient (Wildman–Crippen LogP) is 2.71. The second kappa shape index (κ2) is 4.84. The van der Waals surface area contributed by atoms with Crippen LogP contribution in [0.2, 0.25) is 0 Å². The molecule has 0 saturated carbocycles. The van der Waals surface area contributed by atoms with Gasteiger partial charge in [0.2, 0.25) is 5.88 Å². The maximum Gasteiger partial charge on any atom is 0.258 e. The summed E-state index contributed by atoms with van der Waals surface area (Å²) in [4.78, 5) is 18.5. The normalized spacial score (nSPS) is 11.0. The first-order chi connectivity index (χ1) is 8.90. The number of hydrogen-bond donors (Lipinski definition) is 2. The lowest BCUT2D eigenvalue weighted by molar-refractivity contribution is 0.440. The van der Waals surface area contributed by atoms with Crippen LogP contribution in [0.15, 0.2) is 23.0 Å². The van der Waals surface area contributed by atoms with Crippen molar-refractivity contribution < 1.29 is 9.50 Å². The molecule has 2 N–H and O–H groups in total. The number of aromatic hydroxyl groups is 1. The van der Waals surface area contributed by atoms with Gasteiger partial charge in [0.1, 0.15) is 11.6 Å². The fraction of sp³-hybridized carbons (Fsp3) is 0.286. The Kier molecular flexibility index (Phi) is 3.38. The third-order valence-corrected chi connectivity index (χ3v) is 2.96. The zero-order chi connectivity index (χ0) is 14.2. The molecule has 100 valence electrons. The summed E-state index contributed by atoms with van der Waals surface area (Å²) in [5, 5.41) is 9.84. The molecule has 0 amide bonds. The highest BCUT2D eigenvalue weighted by Gasteiger charge is 2.15. The number of aromatic amines is 1. The summed E-state index contributed by atoms with van der Waals surface area (Å²) in [5.41, 5.74) is 1.11. The van der Waals surface area contributed by atoms with E-state index in [0.717, 1.165) is 0 Å². The van der Waals surface area contributed by atoms with Crippen molar-refractivity contribution in [3.63, 3.8) is 0 Å². The zero-order valence-corrected chi connectivity index (χ0v) is 11.0. The number of halogens is 1. The van der Waals surface area contributed by atoms with Gasteiger partial charge in [0, 0.05) is 5.56 Å².